The van der Waals surface area contributed by atoms with Crippen LogP contribution in [0.15, 0.2) is 42.5 Å². The van der Waals surface area contributed by atoms with E-state index in [1.165, 1.54) is 30.3 Å². The van der Waals surface area contributed by atoms with Crippen molar-refractivity contribution in [2.45, 2.75) is 18.6 Å². The molecule has 1 nitrogen and oxygen atoms in total. The van der Waals surface area contributed by atoms with Crippen LogP contribution in [0.5, 0.6) is 0 Å². The summed E-state index contributed by atoms with van der Waals surface area (Å²) in [5.74, 6) is -0.529. The Morgan fingerprint density at radius 3 is 2.48 bits per heavy atom. The lowest BCUT2D eigenvalue weighted by molar-refractivity contribution is -0.137. The van der Waals surface area contributed by atoms with Gasteiger partial charge in [-0.2, -0.15) is 13.2 Å². The van der Waals surface area contributed by atoms with Gasteiger partial charge in [0.25, 0.3) is 0 Å². The average molecular weight is 318 g/mol. The van der Waals surface area contributed by atoms with Crippen LogP contribution in [0.25, 0.3) is 0 Å². The highest BCUT2D eigenvalue weighted by atomic mass is 35.5. The van der Waals surface area contributed by atoms with Crippen LogP contribution in [0.2, 0.25) is 5.02 Å². The molecule has 0 aliphatic rings. The second-order valence-electron chi connectivity index (χ2n) is 4.67. The highest BCUT2D eigenvalue weighted by molar-refractivity contribution is 6.30. The minimum absolute atomic E-state index is 0.0845. The van der Waals surface area contributed by atoms with Gasteiger partial charge in [-0.3, -0.25) is 0 Å². The molecule has 2 aromatic rings. The third-order valence-electron chi connectivity index (χ3n) is 3.07. The predicted octanol–water partition coefficient (Wildman–Crippen LogP) is 4.74. The van der Waals surface area contributed by atoms with E-state index in [2.05, 4.69) is 0 Å². The molecule has 0 amide bonds. The lowest BCUT2D eigenvalue weighted by Gasteiger charge is -2.15. The van der Waals surface area contributed by atoms with Crippen molar-refractivity contribution in [1.29, 1.82) is 0 Å². The molecule has 1 unspecified atom stereocenters. The Labute approximate surface area is 124 Å². The van der Waals surface area contributed by atoms with E-state index in [0.29, 0.717) is 10.6 Å². The van der Waals surface area contributed by atoms with Gasteiger partial charge in [-0.25, -0.2) is 4.39 Å². The summed E-state index contributed by atoms with van der Waals surface area (Å²) in [5.41, 5.74) is 5.69. The van der Waals surface area contributed by atoms with Crippen LogP contribution < -0.4 is 5.73 Å². The summed E-state index contributed by atoms with van der Waals surface area (Å²) in [6.45, 7) is 0. The summed E-state index contributed by atoms with van der Waals surface area (Å²) < 4.78 is 51.6. The molecule has 0 bridgehead atoms. The molecule has 0 radical (unpaired) electrons. The van der Waals surface area contributed by atoms with E-state index in [9.17, 15) is 17.6 Å². The van der Waals surface area contributed by atoms with Gasteiger partial charge < -0.3 is 5.73 Å². The quantitative estimate of drug-likeness (QED) is 0.813. The van der Waals surface area contributed by atoms with E-state index in [4.69, 9.17) is 17.3 Å². The normalized spacial score (nSPS) is 13.2. The van der Waals surface area contributed by atoms with Gasteiger partial charge >= 0.3 is 6.18 Å². The second-order valence-corrected chi connectivity index (χ2v) is 5.11. The largest absolute Gasteiger partial charge is 0.416 e. The molecular weight excluding hydrogens is 306 g/mol. The lowest BCUT2D eigenvalue weighted by Crippen LogP contribution is -2.15. The molecule has 0 saturated heterocycles. The molecule has 0 aliphatic heterocycles. The van der Waals surface area contributed by atoms with E-state index in [0.717, 1.165) is 12.1 Å². The minimum atomic E-state index is -4.42. The molecule has 21 heavy (non-hydrogen) atoms. The number of hydrogen-bond donors (Lipinski definition) is 1. The first-order chi connectivity index (χ1) is 9.77. The molecule has 0 fully saturated rings. The molecular formula is C15H12ClF4N. The Morgan fingerprint density at radius 2 is 1.81 bits per heavy atom. The molecule has 2 N–H and O–H groups in total. The van der Waals surface area contributed by atoms with Crippen molar-refractivity contribution in [3.8, 4) is 0 Å². The summed E-state index contributed by atoms with van der Waals surface area (Å²) in [6, 6.07) is 8.01. The Kier molecular flexibility index (Phi) is 4.54. The van der Waals surface area contributed by atoms with Gasteiger partial charge in [0.1, 0.15) is 5.82 Å². The van der Waals surface area contributed by atoms with Crippen molar-refractivity contribution >= 4 is 11.6 Å². The highest BCUT2D eigenvalue weighted by Gasteiger charge is 2.30. The highest BCUT2D eigenvalue weighted by Crippen LogP contribution is 2.30. The molecule has 2 rings (SSSR count). The molecule has 0 saturated carbocycles. The fourth-order valence-electron chi connectivity index (χ4n) is 2.04. The van der Waals surface area contributed by atoms with E-state index >= 15 is 0 Å². The van der Waals surface area contributed by atoms with Gasteiger partial charge in [0.15, 0.2) is 0 Å². The van der Waals surface area contributed by atoms with E-state index in [-0.39, 0.29) is 12.0 Å². The number of nitrogens with two attached hydrogens (primary N) is 1. The standard InChI is InChI=1S/C15H12ClF4N/c16-11-4-5-13(17)12(8-11)14(21)7-9-2-1-3-10(6-9)15(18,19)20/h1-6,8,14H,7,21H2. The maximum Gasteiger partial charge on any atom is 0.416 e. The number of halogens is 5. The van der Waals surface area contributed by atoms with Crippen LogP contribution in [0.3, 0.4) is 0 Å². The topological polar surface area (TPSA) is 26.0 Å². The van der Waals surface area contributed by atoms with Gasteiger partial charge in [-0.05, 0) is 36.2 Å². The van der Waals surface area contributed by atoms with Gasteiger partial charge in [0, 0.05) is 16.6 Å². The molecule has 0 spiro atoms. The molecule has 2 aromatic carbocycles. The summed E-state index contributed by atoms with van der Waals surface area (Å²) >= 11 is 5.78. The second kappa shape index (κ2) is 6.03. The molecule has 0 aliphatic carbocycles. The molecule has 0 heterocycles. The average Bonchev–Trinajstić information content (AvgIpc) is 2.41. The van der Waals surface area contributed by atoms with Crippen LogP contribution in [0, 0.1) is 5.82 Å². The zero-order valence-electron chi connectivity index (χ0n) is 10.8. The Balaban J connectivity index is 2.23. The monoisotopic (exact) mass is 317 g/mol. The lowest BCUT2D eigenvalue weighted by atomic mass is 9.98. The van der Waals surface area contributed by atoms with Crippen molar-refractivity contribution in [1.82, 2.24) is 0 Å². The summed E-state index contributed by atoms with van der Waals surface area (Å²) in [6.07, 6.45) is -4.33. The smallest absolute Gasteiger partial charge is 0.324 e. The molecule has 1 atom stereocenters. The van der Waals surface area contributed by atoms with Crippen LogP contribution in [0.1, 0.15) is 22.7 Å². The van der Waals surface area contributed by atoms with E-state index < -0.39 is 23.6 Å². The zero-order valence-corrected chi connectivity index (χ0v) is 11.5. The van der Waals surface area contributed by atoms with Crippen molar-refractivity contribution in [3.63, 3.8) is 0 Å². The van der Waals surface area contributed by atoms with Crippen molar-refractivity contribution in [2.24, 2.45) is 5.73 Å². The van der Waals surface area contributed by atoms with Gasteiger partial charge in [-0.15, -0.1) is 0 Å². The Hall–Kier alpha value is -1.59. The minimum Gasteiger partial charge on any atom is -0.324 e. The first-order valence-electron chi connectivity index (χ1n) is 6.14. The van der Waals surface area contributed by atoms with Gasteiger partial charge in [-0.1, -0.05) is 29.8 Å². The fourth-order valence-corrected chi connectivity index (χ4v) is 2.22. The van der Waals surface area contributed by atoms with E-state index in [1.807, 2.05) is 0 Å². The number of rotatable bonds is 3. The molecule has 6 heteroatoms. The number of alkyl halides is 3. The predicted molar refractivity (Wildman–Crippen MR) is 73.5 cm³/mol. The van der Waals surface area contributed by atoms with Crippen molar-refractivity contribution in [2.75, 3.05) is 0 Å². The van der Waals surface area contributed by atoms with Crippen molar-refractivity contribution < 1.29 is 17.6 Å². The van der Waals surface area contributed by atoms with E-state index in [1.54, 1.807) is 0 Å². The van der Waals surface area contributed by atoms with Crippen molar-refractivity contribution in [3.05, 3.63) is 70.0 Å². The Bertz CT molecular complexity index is 640. The summed E-state index contributed by atoms with van der Waals surface area (Å²) in [5, 5.41) is 0.325. The fraction of sp³-hybridized carbons (Fsp3) is 0.200. The third-order valence-corrected chi connectivity index (χ3v) is 3.30. The Morgan fingerprint density at radius 1 is 1.10 bits per heavy atom. The van der Waals surface area contributed by atoms with Crippen LogP contribution in [0.4, 0.5) is 17.6 Å². The maximum absolute atomic E-state index is 13.7. The van der Waals surface area contributed by atoms with Gasteiger partial charge in [0.05, 0.1) is 5.56 Å². The number of hydrogen-bond acceptors (Lipinski definition) is 1. The van der Waals surface area contributed by atoms with Crippen LogP contribution in [-0.2, 0) is 12.6 Å². The SMILES string of the molecule is NC(Cc1cccc(C(F)(F)F)c1)c1cc(Cl)ccc1F. The molecule has 112 valence electrons. The maximum atomic E-state index is 13.7. The molecule has 0 aromatic heterocycles. The number of benzene rings is 2. The summed E-state index contributed by atoms with van der Waals surface area (Å²) in [4.78, 5) is 0. The van der Waals surface area contributed by atoms with Crippen LogP contribution in [-0.4, -0.2) is 0 Å². The first kappa shape index (κ1) is 15.8. The van der Waals surface area contributed by atoms with Gasteiger partial charge in [0.2, 0.25) is 0 Å². The first-order valence-corrected chi connectivity index (χ1v) is 6.52. The summed E-state index contributed by atoms with van der Waals surface area (Å²) in [7, 11) is 0. The third kappa shape index (κ3) is 3.95. The zero-order chi connectivity index (χ0) is 15.6. The van der Waals surface area contributed by atoms with Crippen LogP contribution >= 0.6 is 11.6 Å².